The van der Waals surface area contributed by atoms with Gasteiger partial charge in [-0.05, 0) is 78.4 Å². The number of rotatable bonds is 7. The van der Waals surface area contributed by atoms with Crippen LogP contribution in [0.25, 0.3) is 0 Å². The molecule has 0 spiro atoms. The van der Waals surface area contributed by atoms with Gasteiger partial charge in [-0.25, -0.2) is 10.2 Å². The maximum atomic E-state index is 12.1. The van der Waals surface area contributed by atoms with E-state index in [9.17, 15) is 9.59 Å². The molecule has 0 aliphatic heterocycles. The normalized spacial score (nSPS) is 10.6. The molecule has 0 fully saturated rings. The molecule has 1 N–H and O–H groups in total. The van der Waals surface area contributed by atoms with Gasteiger partial charge in [-0.3, -0.25) is 4.79 Å². The van der Waals surface area contributed by atoms with Crippen molar-refractivity contribution in [1.29, 1.82) is 0 Å². The zero-order valence-electron chi connectivity index (χ0n) is 15.5. The topological polar surface area (TPSA) is 77.0 Å². The third-order valence-corrected chi connectivity index (χ3v) is 4.54. The van der Waals surface area contributed by atoms with E-state index in [1.807, 2.05) is 12.1 Å². The molecule has 0 saturated carbocycles. The summed E-state index contributed by atoms with van der Waals surface area (Å²) < 4.78 is 11.6. The molecule has 0 heterocycles. The number of carbonyl (C=O) groups is 2. The molecule has 1 amide bonds. The molecule has 3 aromatic carbocycles. The Hall–Kier alpha value is -3.16. The number of halogens is 2. The van der Waals surface area contributed by atoms with Crippen LogP contribution < -0.4 is 14.9 Å². The van der Waals surface area contributed by atoms with E-state index in [0.29, 0.717) is 22.1 Å². The number of esters is 1. The Kier molecular flexibility index (Phi) is 7.59. The van der Waals surface area contributed by atoms with Crippen LogP contribution in [0.2, 0.25) is 5.02 Å². The second kappa shape index (κ2) is 10.6. The summed E-state index contributed by atoms with van der Waals surface area (Å²) in [6.07, 6.45) is 1.47. The first kappa shape index (κ1) is 21.5. The highest BCUT2D eigenvalue weighted by Gasteiger charge is 2.08. The lowest BCUT2D eigenvalue weighted by atomic mass is 10.2. The fraction of sp³-hybridized carbons (Fsp3) is 0.0455. The monoisotopic (exact) mass is 486 g/mol. The van der Waals surface area contributed by atoms with Crippen LogP contribution >= 0.6 is 27.5 Å². The molecular formula is C22H16BrClN2O4. The van der Waals surface area contributed by atoms with Crippen LogP contribution in [0.15, 0.2) is 82.4 Å². The first-order valence-corrected chi connectivity index (χ1v) is 9.95. The Bertz CT molecular complexity index is 1040. The van der Waals surface area contributed by atoms with Crippen LogP contribution in [0.4, 0.5) is 0 Å². The van der Waals surface area contributed by atoms with E-state index in [2.05, 4.69) is 26.5 Å². The zero-order chi connectivity index (χ0) is 21.3. The van der Waals surface area contributed by atoms with Gasteiger partial charge >= 0.3 is 5.97 Å². The van der Waals surface area contributed by atoms with E-state index < -0.39 is 5.97 Å². The van der Waals surface area contributed by atoms with Crippen LogP contribution in [0.5, 0.6) is 11.5 Å². The van der Waals surface area contributed by atoms with Gasteiger partial charge in [-0.15, -0.1) is 0 Å². The largest absolute Gasteiger partial charge is 0.484 e. The predicted molar refractivity (Wildman–Crippen MR) is 118 cm³/mol. The summed E-state index contributed by atoms with van der Waals surface area (Å²) in [6.45, 7) is -0.154. The fourth-order valence-electron chi connectivity index (χ4n) is 2.26. The van der Waals surface area contributed by atoms with Crippen molar-refractivity contribution in [3.63, 3.8) is 0 Å². The van der Waals surface area contributed by atoms with Gasteiger partial charge < -0.3 is 9.47 Å². The maximum Gasteiger partial charge on any atom is 0.343 e. The molecule has 0 aromatic heterocycles. The van der Waals surface area contributed by atoms with Crippen molar-refractivity contribution < 1.29 is 19.1 Å². The SMILES string of the molecule is O=C(COc1ccc(Br)cc1)N/N=C\c1ccc(OC(=O)c2ccc(Cl)cc2)cc1. The molecule has 0 bridgehead atoms. The van der Waals surface area contributed by atoms with E-state index in [4.69, 9.17) is 21.1 Å². The number of amides is 1. The van der Waals surface area contributed by atoms with Crippen LogP contribution in [-0.4, -0.2) is 24.7 Å². The average molecular weight is 488 g/mol. The van der Waals surface area contributed by atoms with Crippen molar-refractivity contribution in [2.45, 2.75) is 0 Å². The average Bonchev–Trinajstić information content (AvgIpc) is 2.75. The van der Waals surface area contributed by atoms with Gasteiger partial charge in [-0.2, -0.15) is 5.10 Å². The van der Waals surface area contributed by atoms with Crippen molar-refractivity contribution >= 4 is 45.6 Å². The summed E-state index contributed by atoms with van der Waals surface area (Å²) in [7, 11) is 0. The highest BCUT2D eigenvalue weighted by Crippen LogP contribution is 2.16. The number of hydrazone groups is 1. The number of carbonyl (C=O) groups excluding carboxylic acids is 2. The van der Waals surface area contributed by atoms with E-state index in [-0.39, 0.29) is 12.5 Å². The Balaban J connectivity index is 1.45. The molecule has 30 heavy (non-hydrogen) atoms. The van der Waals surface area contributed by atoms with E-state index in [1.54, 1.807) is 60.7 Å². The Morgan fingerprint density at radius 3 is 2.23 bits per heavy atom. The van der Waals surface area contributed by atoms with Gasteiger partial charge in [-0.1, -0.05) is 27.5 Å². The van der Waals surface area contributed by atoms with Crippen LogP contribution in [0, 0.1) is 0 Å². The van der Waals surface area contributed by atoms with Gasteiger partial charge in [0.15, 0.2) is 6.61 Å². The lowest BCUT2D eigenvalue weighted by Gasteiger charge is -2.05. The number of benzene rings is 3. The van der Waals surface area contributed by atoms with Crippen molar-refractivity contribution in [1.82, 2.24) is 5.43 Å². The molecule has 0 aliphatic carbocycles. The van der Waals surface area contributed by atoms with Gasteiger partial charge in [0.2, 0.25) is 0 Å². The summed E-state index contributed by atoms with van der Waals surface area (Å²) in [6, 6.07) is 20.3. The molecule has 0 unspecified atom stereocenters. The highest BCUT2D eigenvalue weighted by atomic mass is 79.9. The van der Waals surface area contributed by atoms with Gasteiger partial charge in [0, 0.05) is 9.50 Å². The molecule has 3 rings (SSSR count). The Morgan fingerprint density at radius 2 is 1.57 bits per heavy atom. The summed E-state index contributed by atoms with van der Waals surface area (Å²) in [4.78, 5) is 23.9. The molecule has 0 atom stereocenters. The van der Waals surface area contributed by atoms with Crippen LogP contribution in [-0.2, 0) is 4.79 Å². The first-order valence-electron chi connectivity index (χ1n) is 8.78. The van der Waals surface area contributed by atoms with Gasteiger partial charge in [0.25, 0.3) is 5.91 Å². The molecule has 0 saturated heterocycles. The standard InChI is InChI=1S/C22H16BrClN2O4/c23-17-5-11-19(12-6-17)29-14-21(27)26-25-13-15-1-9-20(10-2-15)30-22(28)16-3-7-18(24)8-4-16/h1-13H,14H2,(H,26,27)/b25-13-. The van der Waals surface area contributed by atoms with Crippen molar-refractivity contribution in [3.8, 4) is 11.5 Å². The van der Waals surface area contributed by atoms with Crippen molar-refractivity contribution in [2.24, 2.45) is 5.10 Å². The molecule has 0 radical (unpaired) electrons. The summed E-state index contributed by atoms with van der Waals surface area (Å²) in [5.74, 6) is 0.105. The third-order valence-electron chi connectivity index (χ3n) is 3.76. The number of ether oxygens (including phenoxy) is 2. The number of nitrogens with one attached hydrogen (secondary N) is 1. The smallest absolute Gasteiger partial charge is 0.343 e. The van der Waals surface area contributed by atoms with Crippen molar-refractivity contribution in [2.75, 3.05) is 6.61 Å². The summed E-state index contributed by atoms with van der Waals surface area (Å²) in [5.41, 5.74) is 3.50. The molecule has 0 aliphatic rings. The highest BCUT2D eigenvalue weighted by molar-refractivity contribution is 9.10. The third kappa shape index (κ3) is 6.72. The minimum atomic E-state index is -0.480. The minimum Gasteiger partial charge on any atom is -0.484 e. The van der Waals surface area contributed by atoms with Gasteiger partial charge in [0.1, 0.15) is 11.5 Å². The second-order valence-electron chi connectivity index (χ2n) is 6.00. The van der Waals surface area contributed by atoms with Gasteiger partial charge in [0.05, 0.1) is 11.8 Å². The predicted octanol–water partition coefficient (Wildman–Crippen LogP) is 4.85. The molecule has 3 aromatic rings. The number of hydrogen-bond acceptors (Lipinski definition) is 5. The molecule has 8 heteroatoms. The molecule has 6 nitrogen and oxygen atoms in total. The number of nitrogens with zero attached hydrogens (tertiary/aromatic N) is 1. The zero-order valence-corrected chi connectivity index (χ0v) is 17.9. The minimum absolute atomic E-state index is 0.154. The summed E-state index contributed by atoms with van der Waals surface area (Å²) in [5, 5.41) is 4.43. The lowest BCUT2D eigenvalue weighted by Crippen LogP contribution is -2.24. The maximum absolute atomic E-state index is 12.1. The lowest BCUT2D eigenvalue weighted by molar-refractivity contribution is -0.123. The Labute approximate surface area is 186 Å². The quantitative estimate of drug-likeness (QED) is 0.224. The molecular weight excluding hydrogens is 472 g/mol. The van der Waals surface area contributed by atoms with Crippen LogP contribution in [0.1, 0.15) is 15.9 Å². The molecule has 152 valence electrons. The van der Waals surface area contributed by atoms with Crippen LogP contribution in [0.3, 0.4) is 0 Å². The summed E-state index contributed by atoms with van der Waals surface area (Å²) >= 11 is 9.13. The van der Waals surface area contributed by atoms with E-state index in [0.717, 1.165) is 10.0 Å². The van der Waals surface area contributed by atoms with E-state index in [1.165, 1.54) is 6.21 Å². The Morgan fingerprint density at radius 1 is 0.933 bits per heavy atom. The fourth-order valence-corrected chi connectivity index (χ4v) is 2.65. The number of hydrogen-bond donors (Lipinski definition) is 1. The van der Waals surface area contributed by atoms with Crippen molar-refractivity contribution in [3.05, 3.63) is 93.4 Å². The van der Waals surface area contributed by atoms with E-state index >= 15 is 0 Å². The second-order valence-corrected chi connectivity index (χ2v) is 7.35. The first-order chi connectivity index (χ1) is 14.5.